The fraction of sp³-hybridized carbons (Fsp3) is 0.207. The van der Waals surface area contributed by atoms with E-state index in [0.29, 0.717) is 23.4 Å². The van der Waals surface area contributed by atoms with Crippen molar-refractivity contribution in [2.75, 3.05) is 11.5 Å². The first-order chi connectivity index (χ1) is 18.0. The van der Waals surface area contributed by atoms with Crippen molar-refractivity contribution in [3.8, 4) is 17.1 Å². The average Bonchev–Trinajstić information content (AvgIpc) is 3.39. The minimum absolute atomic E-state index is 0.242. The van der Waals surface area contributed by atoms with Gasteiger partial charge in [0, 0.05) is 11.3 Å². The number of halogens is 1. The first kappa shape index (κ1) is 24.2. The van der Waals surface area contributed by atoms with E-state index in [1.165, 1.54) is 17.7 Å². The maximum Gasteiger partial charge on any atom is 0.326 e. The highest BCUT2D eigenvalue weighted by molar-refractivity contribution is 6.01. The molecule has 0 aliphatic carbocycles. The highest BCUT2D eigenvalue weighted by Gasteiger charge is 2.36. The molecule has 2 heterocycles. The summed E-state index contributed by atoms with van der Waals surface area (Å²) in [5.41, 5.74) is 4.53. The number of carbonyl (C=O) groups excluding carboxylic acids is 1. The third-order valence-electron chi connectivity index (χ3n) is 6.35. The summed E-state index contributed by atoms with van der Waals surface area (Å²) in [6, 6.07) is 20.6. The second kappa shape index (κ2) is 10.3. The SMILES string of the molecule is CCOc1ccc(C2NC(=O)N(c3ccc(CC)cc3)C(C)=C2c2nc(-c3cccc(F)c3)no2)cc1. The van der Waals surface area contributed by atoms with Crippen LogP contribution in [0.15, 0.2) is 83.0 Å². The predicted octanol–water partition coefficient (Wildman–Crippen LogP) is 6.54. The number of anilines is 1. The predicted molar refractivity (Wildman–Crippen MR) is 139 cm³/mol. The molecule has 0 bridgehead atoms. The van der Waals surface area contributed by atoms with E-state index in [1.54, 1.807) is 17.0 Å². The Labute approximate surface area is 214 Å². The average molecular weight is 499 g/mol. The number of aromatic nitrogens is 2. The van der Waals surface area contributed by atoms with Gasteiger partial charge in [-0.1, -0.05) is 48.5 Å². The lowest BCUT2D eigenvalue weighted by Crippen LogP contribution is -2.46. The van der Waals surface area contributed by atoms with Crippen LogP contribution in [0.2, 0.25) is 0 Å². The Morgan fingerprint density at radius 2 is 1.81 bits per heavy atom. The number of allylic oxidation sites excluding steroid dienone is 1. The lowest BCUT2D eigenvalue weighted by molar-refractivity contribution is 0.244. The van der Waals surface area contributed by atoms with Gasteiger partial charge in [0.1, 0.15) is 11.6 Å². The van der Waals surface area contributed by atoms with E-state index in [2.05, 4.69) is 22.4 Å². The van der Waals surface area contributed by atoms with Gasteiger partial charge < -0.3 is 14.6 Å². The molecule has 5 rings (SSSR count). The molecule has 1 unspecified atom stereocenters. The molecular formula is C29H27FN4O3. The lowest BCUT2D eigenvalue weighted by Gasteiger charge is -2.35. The van der Waals surface area contributed by atoms with E-state index < -0.39 is 11.9 Å². The van der Waals surface area contributed by atoms with Crippen LogP contribution in [0.1, 0.15) is 43.8 Å². The number of amides is 2. The van der Waals surface area contributed by atoms with Crippen LogP contribution in [-0.2, 0) is 6.42 Å². The summed E-state index contributed by atoms with van der Waals surface area (Å²) < 4.78 is 25.1. The van der Waals surface area contributed by atoms with Crippen LogP contribution < -0.4 is 15.0 Å². The van der Waals surface area contributed by atoms with Gasteiger partial charge in [0.15, 0.2) is 0 Å². The zero-order chi connectivity index (χ0) is 25.9. The van der Waals surface area contributed by atoms with Gasteiger partial charge in [-0.15, -0.1) is 0 Å². The molecule has 0 saturated carbocycles. The molecule has 1 aliphatic heterocycles. The third-order valence-corrected chi connectivity index (χ3v) is 6.35. The van der Waals surface area contributed by atoms with Crippen molar-refractivity contribution in [3.63, 3.8) is 0 Å². The Morgan fingerprint density at radius 3 is 2.49 bits per heavy atom. The van der Waals surface area contributed by atoms with Crippen molar-refractivity contribution in [3.05, 3.63) is 101 Å². The van der Waals surface area contributed by atoms with Gasteiger partial charge in [-0.2, -0.15) is 4.98 Å². The molecule has 1 atom stereocenters. The van der Waals surface area contributed by atoms with Crippen molar-refractivity contribution in [1.82, 2.24) is 15.5 Å². The van der Waals surface area contributed by atoms with Gasteiger partial charge in [0.05, 0.1) is 23.9 Å². The second-order valence-electron chi connectivity index (χ2n) is 8.67. The van der Waals surface area contributed by atoms with Crippen LogP contribution in [0.25, 0.3) is 17.0 Å². The maximum absolute atomic E-state index is 13.8. The van der Waals surface area contributed by atoms with E-state index in [0.717, 1.165) is 23.4 Å². The monoisotopic (exact) mass is 498 g/mol. The van der Waals surface area contributed by atoms with E-state index in [-0.39, 0.29) is 17.7 Å². The van der Waals surface area contributed by atoms with Gasteiger partial charge in [0.2, 0.25) is 5.82 Å². The number of rotatable bonds is 7. The summed E-state index contributed by atoms with van der Waals surface area (Å²) in [7, 11) is 0. The second-order valence-corrected chi connectivity index (χ2v) is 8.67. The molecule has 0 saturated heterocycles. The number of nitrogens with zero attached hydrogens (tertiary/aromatic N) is 3. The van der Waals surface area contributed by atoms with E-state index in [4.69, 9.17) is 9.26 Å². The molecule has 2 amide bonds. The highest BCUT2D eigenvalue weighted by Crippen LogP contribution is 2.39. The Morgan fingerprint density at radius 1 is 1.05 bits per heavy atom. The number of ether oxygens (including phenoxy) is 1. The standard InChI is InChI=1S/C29H27FN4O3/c1-4-19-9-13-23(14-10-19)34-18(3)25(28-32-27(33-37-28)21-7-6-8-22(30)17-21)26(31-29(34)35)20-11-15-24(16-12-20)36-5-2/h6-17,26H,4-5H2,1-3H3,(H,31,35). The maximum atomic E-state index is 13.8. The lowest BCUT2D eigenvalue weighted by atomic mass is 9.94. The van der Waals surface area contributed by atoms with Crippen LogP contribution in [0.3, 0.4) is 0 Å². The number of hydrogen-bond donors (Lipinski definition) is 1. The summed E-state index contributed by atoms with van der Waals surface area (Å²) in [6.07, 6.45) is 0.900. The highest BCUT2D eigenvalue weighted by atomic mass is 19.1. The molecule has 4 aromatic rings. The molecule has 0 fully saturated rings. The van der Waals surface area contributed by atoms with Gasteiger partial charge in [0.25, 0.3) is 5.89 Å². The first-order valence-electron chi connectivity index (χ1n) is 12.2. The van der Waals surface area contributed by atoms with Gasteiger partial charge in [-0.3, -0.25) is 4.90 Å². The van der Waals surface area contributed by atoms with Crippen molar-refractivity contribution < 1.29 is 18.4 Å². The summed E-state index contributed by atoms with van der Waals surface area (Å²) in [5.74, 6) is 0.847. The van der Waals surface area contributed by atoms with Crippen LogP contribution in [0, 0.1) is 5.82 Å². The molecule has 37 heavy (non-hydrogen) atoms. The summed E-state index contributed by atoms with van der Waals surface area (Å²) in [5, 5.41) is 7.20. The molecule has 1 aliphatic rings. The number of carbonyl (C=O) groups is 1. The summed E-state index contributed by atoms with van der Waals surface area (Å²) in [6.45, 7) is 6.42. The number of benzene rings is 3. The van der Waals surface area contributed by atoms with E-state index in [1.807, 2.05) is 62.4 Å². The number of hydrogen-bond acceptors (Lipinski definition) is 5. The molecule has 8 heteroatoms. The molecule has 3 aromatic carbocycles. The molecule has 7 nitrogen and oxygen atoms in total. The molecule has 0 spiro atoms. The van der Waals surface area contributed by atoms with Crippen molar-refractivity contribution in [2.45, 2.75) is 33.2 Å². The number of urea groups is 1. The topological polar surface area (TPSA) is 80.5 Å². The smallest absolute Gasteiger partial charge is 0.326 e. The summed E-state index contributed by atoms with van der Waals surface area (Å²) >= 11 is 0. The molecule has 1 N–H and O–H groups in total. The van der Waals surface area contributed by atoms with Gasteiger partial charge in [-0.05, 0) is 67.8 Å². The largest absolute Gasteiger partial charge is 0.494 e. The van der Waals surface area contributed by atoms with Crippen LogP contribution in [0.5, 0.6) is 5.75 Å². The zero-order valence-electron chi connectivity index (χ0n) is 20.9. The Balaban J connectivity index is 1.61. The van der Waals surface area contributed by atoms with E-state index >= 15 is 0 Å². The van der Waals surface area contributed by atoms with Crippen molar-refractivity contribution in [1.29, 1.82) is 0 Å². The van der Waals surface area contributed by atoms with Crippen LogP contribution in [-0.4, -0.2) is 22.8 Å². The summed E-state index contributed by atoms with van der Waals surface area (Å²) in [4.78, 5) is 19.6. The quantitative estimate of drug-likeness (QED) is 0.313. The number of nitrogens with one attached hydrogen (secondary N) is 1. The number of aryl methyl sites for hydroxylation is 1. The minimum Gasteiger partial charge on any atom is -0.494 e. The van der Waals surface area contributed by atoms with Crippen LogP contribution in [0.4, 0.5) is 14.9 Å². The molecule has 0 radical (unpaired) electrons. The van der Waals surface area contributed by atoms with Gasteiger partial charge in [-0.25, -0.2) is 9.18 Å². The molecular weight excluding hydrogens is 471 g/mol. The Bertz CT molecular complexity index is 1440. The normalized spacial score (nSPS) is 15.6. The van der Waals surface area contributed by atoms with E-state index in [9.17, 15) is 9.18 Å². The fourth-order valence-electron chi connectivity index (χ4n) is 4.46. The van der Waals surface area contributed by atoms with Crippen LogP contribution >= 0.6 is 0 Å². The Kier molecular flexibility index (Phi) is 6.72. The molecule has 188 valence electrons. The van der Waals surface area contributed by atoms with Crippen molar-refractivity contribution >= 4 is 17.3 Å². The minimum atomic E-state index is -0.546. The molecule has 1 aromatic heterocycles. The van der Waals surface area contributed by atoms with Crippen molar-refractivity contribution in [2.24, 2.45) is 0 Å². The third kappa shape index (κ3) is 4.82. The fourth-order valence-corrected chi connectivity index (χ4v) is 4.46. The first-order valence-corrected chi connectivity index (χ1v) is 12.2. The zero-order valence-corrected chi connectivity index (χ0v) is 20.9. The van der Waals surface area contributed by atoms with Gasteiger partial charge >= 0.3 is 6.03 Å². The Hall–Kier alpha value is -4.46.